The molecular formula is C16H18Cl2N4. The molecule has 0 bridgehead atoms. The number of anilines is 1. The Bertz CT molecular complexity index is 671. The van der Waals surface area contributed by atoms with Gasteiger partial charge in [0.15, 0.2) is 0 Å². The highest BCUT2D eigenvalue weighted by molar-refractivity contribution is 6.35. The van der Waals surface area contributed by atoms with Gasteiger partial charge in [0, 0.05) is 47.5 Å². The summed E-state index contributed by atoms with van der Waals surface area (Å²) >= 11 is 12.2. The van der Waals surface area contributed by atoms with E-state index in [1.54, 1.807) is 12.4 Å². The summed E-state index contributed by atoms with van der Waals surface area (Å²) in [6.45, 7) is 4.80. The first kappa shape index (κ1) is 15.5. The van der Waals surface area contributed by atoms with Crippen molar-refractivity contribution in [3.05, 3.63) is 51.9 Å². The molecule has 0 amide bonds. The smallest absolute Gasteiger partial charge is 0.134 e. The van der Waals surface area contributed by atoms with Crippen LogP contribution in [0, 0.1) is 6.92 Å². The van der Waals surface area contributed by atoms with E-state index < -0.39 is 0 Å². The SMILES string of the molecule is Cc1cncnc1N1CC(N(C)Cc2ccc(Cl)cc2Cl)C1. The molecule has 0 radical (unpaired) electrons. The number of nitrogens with zero attached hydrogens (tertiary/aromatic N) is 4. The summed E-state index contributed by atoms with van der Waals surface area (Å²) in [6.07, 6.45) is 3.46. The highest BCUT2D eigenvalue weighted by Gasteiger charge is 2.31. The summed E-state index contributed by atoms with van der Waals surface area (Å²) in [7, 11) is 2.12. The Morgan fingerprint density at radius 3 is 2.77 bits per heavy atom. The van der Waals surface area contributed by atoms with E-state index >= 15 is 0 Å². The van der Waals surface area contributed by atoms with Crippen molar-refractivity contribution in [2.45, 2.75) is 19.5 Å². The second-order valence-corrected chi connectivity index (χ2v) is 6.58. The summed E-state index contributed by atoms with van der Waals surface area (Å²) in [5.74, 6) is 1.03. The maximum atomic E-state index is 6.25. The molecule has 3 rings (SSSR count). The highest BCUT2D eigenvalue weighted by Crippen LogP contribution is 2.26. The summed E-state index contributed by atoms with van der Waals surface area (Å²) in [6, 6.07) is 6.17. The first-order chi connectivity index (χ1) is 10.5. The van der Waals surface area contributed by atoms with Gasteiger partial charge < -0.3 is 4.90 Å². The van der Waals surface area contributed by atoms with Crippen LogP contribution in [0.25, 0.3) is 0 Å². The summed E-state index contributed by atoms with van der Waals surface area (Å²) in [5, 5.41) is 1.40. The Morgan fingerprint density at radius 1 is 1.32 bits per heavy atom. The van der Waals surface area contributed by atoms with E-state index in [9.17, 15) is 0 Å². The number of aromatic nitrogens is 2. The molecule has 1 aliphatic heterocycles. The van der Waals surface area contributed by atoms with E-state index in [4.69, 9.17) is 23.2 Å². The number of likely N-dealkylation sites (N-methyl/N-ethyl adjacent to an activating group) is 1. The third-order valence-corrected chi connectivity index (χ3v) is 4.67. The van der Waals surface area contributed by atoms with E-state index in [1.165, 1.54) is 0 Å². The van der Waals surface area contributed by atoms with Gasteiger partial charge in [0.2, 0.25) is 0 Å². The second-order valence-electron chi connectivity index (χ2n) is 5.74. The molecule has 116 valence electrons. The van der Waals surface area contributed by atoms with Gasteiger partial charge in [-0.2, -0.15) is 0 Å². The van der Waals surface area contributed by atoms with Crippen LogP contribution in [0.3, 0.4) is 0 Å². The average Bonchev–Trinajstić information content (AvgIpc) is 2.42. The molecule has 0 aliphatic carbocycles. The Kier molecular flexibility index (Phi) is 4.52. The van der Waals surface area contributed by atoms with Crippen molar-refractivity contribution in [1.82, 2.24) is 14.9 Å². The lowest BCUT2D eigenvalue weighted by Crippen LogP contribution is -2.58. The Balaban J connectivity index is 1.59. The van der Waals surface area contributed by atoms with Gasteiger partial charge in [-0.25, -0.2) is 9.97 Å². The predicted octanol–water partition coefficient (Wildman–Crippen LogP) is 3.41. The van der Waals surface area contributed by atoms with Crippen molar-refractivity contribution in [3.63, 3.8) is 0 Å². The van der Waals surface area contributed by atoms with Crippen LogP contribution in [0.5, 0.6) is 0 Å². The van der Waals surface area contributed by atoms with E-state index in [0.29, 0.717) is 11.1 Å². The van der Waals surface area contributed by atoms with Gasteiger partial charge >= 0.3 is 0 Å². The summed E-state index contributed by atoms with van der Waals surface area (Å²) in [5.41, 5.74) is 2.22. The normalized spacial score (nSPS) is 15.2. The molecule has 1 fully saturated rings. The summed E-state index contributed by atoms with van der Waals surface area (Å²) < 4.78 is 0. The largest absolute Gasteiger partial charge is 0.353 e. The third kappa shape index (κ3) is 3.19. The quantitative estimate of drug-likeness (QED) is 0.856. The molecule has 1 aromatic carbocycles. The first-order valence-electron chi connectivity index (χ1n) is 7.20. The van der Waals surface area contributed by atoms with Crippen LogP contribution >= 0.6 is 23.2 Å². The summed E-state index contributed by atoms with van der Waals surface area (Å²) in [4.78, 5) is 13.0. The standard InChI is InChI=1S/C16H18Cl2N4/c1-11-6-19-10-20-16(11)22-8-14(9-22)21(2)7-12-3-4-13(17)5-15(12)18/h3-6,10,14H,7-9H2,1-2H3. The molecule has 0 N–H and O–H groups in total. The molecule has 22 heavy (non-hydrogen) atoms. The second kappa shape index (κ2) is 6.41. The van der Waals surface area contributed by atoms with Crippen molar-refractivity contribution in [2.75, 3.05) is 25.0 Å². The zero-order chi connectivity index (χ0) is 15.7. The van der Waals surface area contributed by atoms with Crippen LogP contribution in [0.2, 0.25) is 10.0 Å². The molecule has 0 unspecified atom stereocenters. The Morgan fingerprint density at radius 2 is 2.09 bits per heavy atom. The lowest BCUT2D eigenvalue weighted by molar-refractivity contribution is 0.196. The number of benzene rings is 1. The average molecular weight is 337 g/mol. The van der Waals surface area contributed by atoms with Crippen molar-refractivity contribution in [3.8, 4) is 0 Å². The number of aryl methyl sites for hydroxylation is 1. The van der Waals surface area contributed by atoms with Gasteiger partial charge in [-0.15, -0.1) is 0 Å². The van der Waals surface area contributed by atoms with Crippen LogP contribution in [-0.2, 0) is 6.54 Å². The van der Waals surface area contributed by atoms with Gasteiger partial charge in [-0.1, -0.05) is 29.3 Å². The van der Waals surface area contributed by atoms with E-state index in [2.05, 4.69) is 26.8 Å². The molecule has 0 atom stereocenters. The van der Waals surface area contributed by atoms with Crippen LogP contribution in [0.1, 0.15) is 11.1 Å². The minimum Gasteiger partial charge on any atom is -0.353 e. The lowest BCUT2D eigenvalue weighted by atomic mass is 10.1. The zero-order valence-corrected chi connectivity index (χ0v) is 14.1. The van der Waals surface area contributed by atoms with Crippen LogP contribution < -0.4 is 4.90 Å². The molecule has 2 heterocycles. The minimum atomic E-state index is 0.501. The van der Waals surface area contributed by atoms with Crippen LogP contribution in [-0.4, -0.2) is 41.0 Å². The van der Waals surface area contributed by atoms with E-state index in [1.807, 2.05) is 25.3 Å². The molecular weight excluding hydrogens is 319 g/mol. The van der Waals surface area contributed by atoms with E-state index in [-0.39, 0.29) is 0 Å². The zero-order valence-electron chi connectivity index (χ0n) is 12.6. The Hall–Kier alpha value is -1.36. The molecule has 1 aliphatic rings. The molecule has 0 spiro atoms. The maximum absolute atomic E-state index is 6.25. The van der Waals surface area contributed by atoms with Crippen LogP contribution in [0.4, 0.5) is 5.82 Å². The van der Waals surface area contributed by atoms with Gasteiger partial charge in [-0.3, -0.25) is 4.90 Å². The fraction of sp³-hybridized carbons (Fsp3) is 0.375. The monoisotopic (exact) mass is 336 g/mol. The number of hydrogen-bond donors (Lipinski definition) is 0. The molecule has 4 nitrogen and oxygen atoms in total. The van der Waals surface area contributed by atoms with Crippen molar-refractivity contribution < 1.29 is 0 Å². The highest BCUT2D eigenvalue weighted by atomic mass is 35.5. The molecule has 6 heteroatoms. The number of halogens is 2. The predicted molar refractivity (Wildman–Crippen MR) is 90.7 cm³/mol. The number of rotatable bonds is 4. The van der Waals surface area contributed by atoms with E-state index in [0.717, 1.165) is 41.6 Å². The lowest BCUT2D eigenvalue weighted by Gasteiger charge is -2.45. The molecule has 0 saturated carbocycles. The topological polar surface area (TPSA) is 32.3 Å². The first-order valence-corrected chi connectivity index (χ1v) is 7.96. The van der Waals surface area contributed by atoms with Gasteiger partial charge in [-0.05, 0) is 31.7 Å². The van der Waals surface area contributed by atoms with Crippen molar-refractivity contribution in [1.29, 1.82) is 0 Å². The van der Waals surface area contributed by atoms with Gasteiger partial charge in [0.25, 0.3) is 0 Å². The fourth-order valence-corrected chi connectivity index (χ4v) is 3.15. The molecule has 1 aromatic heterocycles. The minimum absolute atomic E-state index is 0.501. The number of hydrogen-bond acceptors (Lipinski definition) is 4. The van der Waals surface area contributed by atoms with Crippen LogP contribution in [0.15, 0.2) is 30.7 Å². The van der Waals surface area contributed by atoms with Gasteiger partial charge in [0.1, 0.15) is 12.1 Å². The fourth-order valence-electron chi connectivity index (χ4n) is 2.68. The third-order valence-electron chi connectivity index (χ3n) is 4.09. The van der Waals surface area contributed by atoms with Gasteiger partial charge in [0.05, 0.1) is 0 Å². The molecule has 1 saturated heterocycles. The van der Waals surface area contributed by atoms with Crippen molar-refractivity contribution in [2.24, 2.45) is 0 Å². The Labute approximate surface area is 140 Å². The maximum Gasteiger partial charge on any atom is 0.134 e. The van der Waals surface area contributed by atoms with Crippen molar-refractivity contribution >= 4 is 29.0 Å². The molecule has 2 aromatic rings.